The third-order valence-electron chi connectivity index (χ3n) is 4.26. The monoisotopic (exact) mass is 318 g/mol. The zero-order valence-corrected chi connectivity index (χ0v) is 14.5. The van der Waals surface area contributed by atoms with Crippen molar-refractivity contribution >= 4 is 5.96 Å². The third kappa shape index (κ3) is 6.48. The molecule has 5 heteroatoms. The van der Waals surface area contributed by atoms with Crippen LogP contribution in [0.1, 0.15) is 24.8 Å². The molecule has 1 aliphatic heterocycles. The van der Waals surface area contributed by atoms with Gasteiger partial charge in [-0.15, -0.1) is 0 Å². The number of hydrogen-bond donors (Lipinski definition) is 2. The summed E-state index contributed by atoms with van der Waals surface area (Å²) in [6.45, 7) is 5.40. The van der Waals surface area contributed by atoms with E-state index in [1.54, 1.807) is 7.11 Å². The molecule has 0 amide bonds. The number of nitrogens with one attached hydrogen (secondary N) is 2. The van der Waals surface area contributed by atoms with E-state index in [4.69, 9.17) is 4.74 Å². The molecule has 1 aliphatic rings. The lowest BCUT2D eigenvalue weighted by atomic mass is 10.1. The Hall–Kier alpha value is -1.75. The van der Waals surface area contributed by atoms with Crippen LogP contribution < -0.4 is 15.4 Å². The summed E-state index contributed by atoms with van der Waals surface area (Å²) in [5, 5.41) is 6.77. The van der Waals surface area contributed by atoms with Crippen molar-refractivity contribution in [2.75, 3.05) is 46.9 Å². The van der Waals surface area contributed by atoms with Gasteiger partial charge in [-0.05, 0) is 50.0 Å². The second kappa shape index (κ2) is 10.1. The molecule has 0 radical (unpaired) electrons. The van der Waals surface area contributed by atoms with Crippen molar-refractivity contribution in [3.63, 3.8) is 0 Å². The number of guanidine groups is 1. The van der Waals surface area contributed by atoms with Gasteiger partial charge in [0.05, 0.1) is 7.11 Å². The molecular weight excluding hydrogens is 288 g/mol. The molecule has 1 fully saturated rings. The summed E-state index contributed by atoms with van der Waals surface area (Å²) in [7, 11) is 3.51. The Bertz CT molecular complexity index is 466. The molecular formula is C18H30N4O. The minimum absolute atomic E-state index is 0.871. The minimum Gasteiger partial charge on any atom is -0.497 e. The first-order valence-electron chi connectivity index (χ1n) is 8.61. The van der Waals surface area contributed by atoms with Gasteiger partial charge in [-0.3, -0.25) is 4.99 Å². The molecule has 2 rings (SSSR count). The molecule has 23 heavy (non-hydrogen) atoms. The summed E-state index contributed by atoms with van der Waals surface area (Å²) in [6.07, 6.45) is 5.04. The molecule has 0 saturated carbocycles. The van der Waals surface area contributed by atoms with Crippen LogP contribution in [0.4, 0.5) is 0 Å². The Morgan fingerprint density at radius 2 is 1.78 bits per heavy atom. The largest absolute Gasteiger partial charge is 0.497 e. The highest BCUT2D eigenvalue weighted by Crippen LogP contribution is 2.11. The first-order valence-corrected chi connectivity index (χ1v) is 8.61. The van der Waals surface area contributed by atoms with Gasteiger partial charge in [0, 0.05) is 26.7 Å². The van der Waals surface area contributed by atoms with Crippen LogP contribution in [0.2, 0.25) is 0 Å². The van der Waals surface area contributed by atoms with E-state index in [-0.39, 0.29) is 0 Å². The highest BCUT2D eigenvalue weighted by molar-refractivity contribution is 5.79. The first-order chi connectivity index (χ1) is 11.3. The second-order valence-corrected chi connectivity index (χ2v) is 5.93. The highest BCUT2D eigenvalue weighted by Gasteiger charge is 2.09. The van der Waals surface area contributed by atoms with Crippen LogP contribution >= 0.6 is 0 Å². The molecule has 0 aromatic heterocycles. The van der Waals surface area contributed by atoms with Crippen LogP contribution in [0.5, 0.6) is 5.75 Å². The molecule has 2 N–H and O–H groups in total. The predicted molar refractivity (Wildman–Crippen MR) is 96.4 cm³/mol. The average molecular weight is 318 g/mol. The van der Waals surface area contributed by atoms with E-state index >= 15 is 0 Å². The smallest absolute Gasteiger partial charge is 0.191 e. The van der Waals surface area contributed by atoms with Crippen molar-refractivity contribution in [3.05, 3.63) is 29.8 Å². The molecule has 0 aliphatic carbocycles. The molecule has 0 atom stereocenters. The number of likely N-dealkylation sites (tertiary alicyclic amines) is 1. The van der Waals surface area contributed by atoms with Crippen LogP contribution in [0.15, 0.2) is 29.3 Å². The normalized spacial score (nSPS) is 16.2. The topological polar surface area (TPSA) is 48.9 Å². The van der Waals surface area contributed by atoms with Gasteiger partial charge < -0.3 is 20.3 Å². The maximum absolute atomic E-state index is 5.17. The van der Waals surface area contributed by atoms with Crippen molar-refractivity contribution in [2.45, 2.75) is 25.7 Å². The maximum atomic E-state index is 5.17. The van der Waals surface area contributed by atoms with Crippen LogP contribution in [0, 0.1) is 0 Å². The van der Waals surface area contributed by atoms with E-state index in [0.717, 1.165) is 37.8 Å². The molecule has 5 nitrogen and oxygen atoms in total. The number of aliphatic imine (C=N–C) groups is 1. The zero-order valence-electron chi connectivity index (χ0n) is 14.5. The lowest BCUT2D eigenvalue weighted by Gasteiger charge is -2.26. The summed E-state index contributed by atoms with van der Waals surface area (Å²) in [5.74, 6) is 1.78. The maximum Gasteiger partial charge on any atom is 0.191 e. The molecule has 0 spiro atoms. The van der Waals surface area contributed by atoms with Gasteiger partial charge in [-0.1, -0.05) is 18.6 Å². The molecule has 0 unspecified atom stereocenters. The van der Waals surface area contributed by atoms with Crippen molar-refractivity contribution in [2.24, 2.45) is 4.99 Å². The molecule has 1 aromatic rings. The SMILES string of the molecule is CN=C(NCCc1ccc(OC)cc1)NCCN1CCCCC1. The van der Waals surface area contributed by atoms with Crippen LogP contribution in [-0.2, 0) is 6.42 Å². The predicted octanol–water partition coefficient (Wildman–Crippen LogP) is 1.89. The minimum atomic E-state index is 0.871. The quantitative estimate of drug-likeness (QED) is 0.595. The third-order valence-corrected chi connectivity index (χ3v) is 4.26. The number of ether oxygens (including phenoxy) is 1. The van der Waals surface area contributed by atoms with Crippen molar-refractivity contribution in [3.8, 4) is 5.75 Å². The number of nitrogens with zero attached hydrogens (tertiary/aromatic N) is 2. The number of rotatable bonds is 7. The van der Waals surface area contributed by atoms with Crippen molar-refractivity contribution in [1.29, 1.82) is 0 Å². The molecule has 1 aromatic carbocycles. The summed E-state index contributed by atoms with van der Waals surface area (Å²) >= 11 is 0. The van der Waals surface area contributed by atoms with Gasteiger partial charge in [-0.25, -0.2) is 0 Å². The zero-order chi connectivity index (χ0) is 16.3. The van der Waals surface area contributed by atoms with Crippen LogP contribution in [-0.4, -0.2) is 57.7 Å². The fourth-order valence-corrected chi connectivity index (χ4v) is 2.85. The van der Waals surface area contributed by atoms with Gasteiger partial charge in [0.25, 0.3) is 0 Å². The molecule has 1 saturated heterocycles. The van der Waals surface area contributed by atoms with E-state index in [1.165, 1.54) is 37.9 Å². The van der Waals surface area contributed by atoms with E-state index < -0.39 is 0 Å². The van der Waals surface area contributed by atoms with E-state index in [0.29, 0.717) is 0 Å². The Balaban J connectivity index is 1.62. The molecule has 0 bridgehead atoms. The Morgan fingerprint density at radius 1 is 1.09 bits per heavy atom. The van der Waals surface area contributed by atoms with Crippen LogP contribution in [0.3, 0.4) is 0 Å². The van der Waals surface area contributed by atoms with Crippen molar-refractivity contribution in [1.82, 2.24) is 15.5 Å². The Labute approximate surface area is 140 Å². The lowest BCUT2D eigenvalue weighted by Crippen LogP contribution is -2.43. The number of piperidine rings is 1. The average Bonchev–Trinajstić information content (AvgIpc) is 2.62. The number of hydrogen-bond acceptors (Lipinski definition) is 3. The first kappa shape index (κ1) is 17.6. The lowest BCUT2D eigenvalue weighted by molar-refractivity contribution is 0.232. The Kier molecular flexibility index (Phi) is 7.73. The highest BCUT2D eigenvalue weighted by atomic mass is 16.5. The number of methoxy groups -OCH3 is 1. The fourth-order valence-electron chi connectivity index (χ4n) is 2.85. The summed E-state index contributed by atoms with van der Waals surface area (Å²) in [5.41, 5.74) is 1.29. The molecule has 1 heterocycles. The Morgan fingerprint density at radius 3 is 2.43 bits per heavy atom. The van der Waals surface area contributed by atoms with E-state index in [9.17, 15) is 0 Å². The number of benzene rings is 1. The van der Waals surface area contributed by atoms with Gasteiger partial charge in [0.1, 0.15) is 5.75 Å². The summed E-state index contributed by atoms with van der Waals surface area (Å²) in [4.78, 5) is 6.81. The second-order valence-electron chi connectivity index (χ2n) is 5.93. The fraction of sp³-hybridized carbons (Fsp3) is 0.611. The molecule has 128 valence electrons. The van der Waals surface area contributed by atoms with Gasteiger partial charge in [-0.2, -0.15) is 0 Å². The van der Waals surface area contributed by atoms with E-state index in [2.05, 4.69) is 32.7 Å². The summed E-state index contributed by atoms with van der Waals surface area (Å²) < 4.78 is 5.17. The van der Waals surface area contributed by atoms with Gasteiger partial charge >= 0.3 is 0 Å². The van der Waals surface area contributed by atoms with Gasteiger partial charge in [0.15, 0.2) is 5.96 Å². The van der Waals surface area contributed by atoms with Crippen molar-refractivity contribution < 1.29 is 4.74 Å². The van der Waals surface area contributed by atoms with Gasteiger partial charge in [0.2, 0.25) is 0 Å². The standard InChI is InChI=1S/C18H30N4O/c1-19-18(21-12-15-22-13-4-3-5-14-22)20-11-10-16-6-8-17(23-2)9-7-16/h6-9H,3-5,10-15H2,1-2H3,(H2,19,20,21). The van der Waals surface area contributed by atoms with E-state index in [1.807, 2.05) is 19.2 Å². The summed E-state index contributed by atoms with van der Waals surface area (Å²) in [6, 6.07) is 8.21. The van der Waals surface area contributed by atoms with Crippen LogP contribution in [0.25, 0.3) is 0 Å².